The fourth-order valence-electron chi connectivity index (χ4n) is 12.5. The number of aliphatic hydroxyl groups is 2. The van der Waals surface area contributed by atoms with Crippen molar-refractivity contribution >= 4 is 23.9 Å². The number of hydrogen-bond donors (Lipinski definition) is 3. The van der Waals surface area contributed by atoms with E-state index in [1.165, 1.54) is 26.3 Å². The first kappa shape index (κ1) is 40.1. The number of allylic oxidation sites excluding steroid dienone is 2. The largest absolute Gasteiger partial charge is 0.481 e. The van der Waals surface area contributed by atoms with Gasteiger partial charge >= 0.3 is 23.9 Å². The Hall–Kier alpha value is -2.54. The minimum atomic E-state index is -1.47. The first-order valence-corrected chi connectivity index (χ1v) is 19.7. The molecule has 3 N–H and O–H groups in total. The fraction of sp³-hybridized carbons (Fsp3) is 0.854. The van der Waals surface area contributed by atoms with E-state index in [1.54, 1.807) is 6.92 Å². The van der Waals surface area contributed by atoms with Gasteiger partial charge in [0, 0.05) is 38.5 Å². The summed E-state index contributed by atoms with van der Waals surface area (Å²) >= 11 is 0. The van der Waals surface area contributed by atoms with Gasteiger partial charge in [0.25, 0.3) is 0 Å². The molecular weight excluding hydrogens is 684 g/mol. The van der Waals surface area contributed by atoms with E-state index in [2.05, 4.69) is 33.8 Å². The first-order chi connectivity index (χ1) is 24.6. The van der Waals surface area contributed by atoms with Gasteiger partial charge in [-0.25, -0.2) is 0 Å². The van der Waals surface area contributed by atoms with Crippen molar-refractivity contribution in [3.05, 3.63) is 11.6 Å². The van der Waals surface area contributed by atoms with Crippen molar-refractivity contribution in [2.45, 2.75) is 163 Å². The molecule has 0 aromatic heterocycles. The number of aliphatic hydroxyl groups excluding tert-OH is 2. The van der Waals surface area contributed by atoms with Crippen LogP contribution in [0.3, 0.4) is 0 Å². The summed E-state index contributed by atoms with van der Waals surface area (Å²) in [6, 6.07) is 0. The summed E-state index contributed by atoms with van der Waals surface area (Å²) in [5.74, 6) is -2.61. The van der Waals surface area contributed by atoms with Crippen molar-refractivity contribution in [3.8, 4) is 0 Å². The van der Waals surface area contributed by atoms with Crippen LogP contribution in [-0.2, 0) is 42.9 Å². The third-order valence-corrected chi connectivity index (χ3v) is 15.9. The maximum absolute atomic E-state index is 12.5. The van der Waals surface area contributed by atoms with E-state index in [9.17, 15) is 34.5 Å². The van der Waals surface area contributed by atoms with Crippen molar-refractivity contribution < 1.29 is 58.2 Å². The highest BCUT2D eigenvalue weighted by atomic mass is 16.7. The van der Waals surface area contributed by atoms with Crippen LogP contribution in [0, 0.1) is 50.7 Å². The predicted molar refractivity (Wildman–Crippen MR) is 191 cm³/mol. The van der Waals surface area contributed by atoms with Crippen LogP contribution in [0.4, 0.5) is 0 Å². The van der Waals surface area contributed by atoms with Crippen molar-refractivity contribution in [2.24, 2.45) is 50.7 Å². The Morgan fingerprint density at radius 3 is 2.11 bits per heavy atom. The highest BCUT2D eigenvalue weighted by molar-refractivity contribution is 5.74. The number of hydrogen-bond acceptors (Lipinski definition) is 11. The van der Waals surface area contributed by atoms with Crippen LogP contribution in [0.2, 0.25) is 0 Å². The summed E-state index contributed by atoms with van der Waals surface area (Å²) < 4.78 is 29.1. The molecule has 12 heteroatoms. The van der Waals surface area contributed by atoms with Crippen molar-refractivity contribution in [1.29, 1.82) is 0 Å². The van der Waals surface area contributed by atoms with Gasteiger partial charge in [-0.1, -0.05) is 39.3 Å². The van der Waals surface area contributed by atoms with Gasteiger partial charge < -0.3 is 39.0 Å². The molecule has 5 fully saturated rings. The van der Waals surface area contributed by atoms with E-state index in [0.717, 1.165) is 38.5 Å². The summed E-state index contributed by atoms with van der Waals surface area (Å²) in [4.78, 5) is 48.8. The lowest BCUT2D eigenvalue weighted by atomic mass is 9.34. The number of ether oxygens (including phenoxy) is 5. The predicted octanol–water partition coefficient (Wildman–Crippen LogP) is 5.35. The Balaban J connectivity index is 1.30. The Kier molecular flexibility index (Phi) is 10.5. The van der Waals surface area contributed by atoms with Gasteiger partial charge in [-0.05, 0) is 99.2 Å². The topological polar surface area (TPSA) is 175 Å². The molecule has 16 atom stereocenters. The lowest BCUT2D eigenvalue weighted by molar-refractivity contribution is -0.307. The van der Waals surface area contributed by atoms with Crippen LogP contribution in [0.15, 0.2) is 11.6 Å². The molecule has 0 aromatic carbocycles. The Bertz CT molecular complexity index is 1510. The van der Waals surface area contributed by atoms with Gasteiger partial charge in [0.1, 0.15) is 12.2 Å². The number of carboxylic acids is 1. The second-order valence-electron chi connectivity index (χ2n) is 18.7. The Morgan fingerprint density at radius 1 is 0.868 bits per heavy atom. The molecule has 1 saturated heterocycles. The fourth-order valence-corrected chi connectivity index (χ4v) is 12.5. The minimum Gasteiger partial charge on any atom is -0.481 e. The van der Waals surface area contributed by atoms with Crippen LogP contribution in [-0.4, -0.2) is 88.7 Å². The molecule has 1 heterocycles. The van der Waals surface area contributed by atoms with Crippen LogP contribution < -0.4 is 0 Å². The molecule has 0 radical (unpaired) electrons. The van der Waals surface area contributed by atoms with Gasteiger partial charge in [-0.3, -0.25) is 19.2 Å². The molecule has 53 heavy (non-hydrogen) atoms. The molecule has 4 saturated carbocycles. The number of carbonyl (C=O) groups excluding carboxylic acids is 3. The zero-order chi connectivity index (χ0) is 39.1. The highest BCUT2D eigenvalue weighted by Gasteiger charge is 2.69. The number of aliphatic carboxylic acids is 1. The van der Waals surface area contributed by atoms with E-state index < -0.39 is 77.6 Å². The van der Waals surface area contributed by atoms with Crippen LogP contribution in [0.5, 0.6) is 0 Å². The summed E-state index contributed by atoms with van der Waals surface area (Å²) in [6.45, 7) is 16.7. The normalized spacial score (nSPS) is 49.1. The summed E-state index contributed by atoms with van der Waals surface area (Å²) in [5.41, 5.74) is -0.215. The third-order valence-electron chi connectivity index (χ3n) is 15.9. The zero-order valence-corrected chi connectivity index (χ0v) is 33.0. The van der Waals surface area contributed by atoms with Gasteiger partial charge in [-0.15, -0.1) is 0 Å². The number of carbonyl (C=O) groups is 4. The molecule has 0 unspecified atom stereocenters. The van der Waals surface area contributed by atoms with Crippen LogP contribution in [0.1, 0.15) is 120 Å². The molecule has 5 aliphatic carbocycles. The number of rotatable bonds is 7. The molecular formula is C41H62O12. The van der Waals surface area contributed by atoms with Crippen molar-refractivity contribution in [2.75, 3.05) is 6.61 Å². The highest BCUT2D eigenvalue weighted by Crippen LogP contribution is 2.75. The van der Waals surface area contributed by atoms with Gasteiger partial charge in [0.05, 0.1) is 24.2 Å². The lowest BCUT2D eigenvalue weighted by Crippen LogP contribution is -2.67. The van der Waals surface area contributed by atoms with Crippen molar-refractivity contribution in [1.82, 2.24) is 0 Å². The van der Waals surface area contributed by atoms with E-state index in [1.807, 2.05) is 6.92 Å². The maximum Gasteiger partial charge on any atom is 0.309 e. The molecule has 1 aliphatic heterocycles. The second kappa shape index (κ2) is 13.9. The standard InChI is InChI=1S/C41H62O12/c1-21-33(52-23(3)43)34(53-24(4)44)32(46)35(50-21)49-20-25-26-12-13-40(8)30(41(26,9)31(45)18-29(25)51-22(2)42)11-10-27-28-19-38(6,36(47)48)15-14-37(28,5)16-17-39(27,40)7/h10,21,25-26,28-35,45-46H,11-20H2,1-9H3,(H,47,48)/t21-,25-,26-,28-,29-,30-,31-,32+,33-,34-,35+,37+,38+,39+,40+,41-/m0/s1. The molecule has 0 aromatic rings. The molecule has 12 nitrogen and oxygen atoms in total. The van der Waals surface area contributed by atoms with E-state index in [4.69, 9.17) is 23.7 Å². The first-order valence-electron chi connectivity index (χ1n) is 19.7. The summed E-state index contributed by atoms with van der Waals surface area (Å²) in [5, 5.41) is 33.8. The molecule has 6 aliphatic rings. The van der Waals surface area contributed by atoms with Crippen LogP contribution in [0.25, 0.3) is 0 Å². The van der Waals surface area contributed by atoms with Gasteiger partial charge in [0.2, 0.25) is 0 Å². The van der Waals surface area contributed by atoms with Crippen LogP contribution >= 0.6 is 0 Å². The zero-order valence-electron chi connectivity index (χ0n) is 33.0. The van der Waals surface area contributed by atoms with Gasteiger partial charge in [0.15, 0.2) is 18.5 Å². The van der Waals surface area contributed by atoms with Gasteiger partial charge in [-0.2, -0.15) is 0 Å². The molecule has 6 rings (SSSR count). The number of esters is 3. The quantitative estimate of drug-likeness (QED) is 0.173. The maximum atomic E-state index is 12.5. The molecule has 0 spiro atoms. The number of carboxylic acid groups (broad SMARTS) is 1. The smallest absolute Gasteiger partial charge is 0.309 e. The summed E-state index contributed by atoms with van der Waals surface area (Å²) in [7, 11) is 0. The van der Waals surface area contributed by atoms with E-state index in [-0.39, 0.29) is 52.9 Å². The third kappa shape index (κ3) is 6.45. The lowest BCUT2D eigenvalue weighted by Gasteiger charge is -2.71. The number of fused-ring (bicyclic) bond motifs is 7. The average molecular weight is 747 g/mol. The van der Waals surface area contributed by atoms with E-state index in [0.29, 0.717) is 12.8 Å². The molecule has 298 valence electrons. The average Bonchev–Trinajstić information content (AvgIpc) is 3.05. The Morgan fingerprint density at radius 2 is 1.49 bits per heavy atom. The molecule has 0 bridgehead atoms. The SMILES string of the molecule is CC(=O)O[C@@H]1[C@@H](OC(C)=O)[C@@H](O)[C@H](OC[C@@H]2[C@@H](OC(C)=O)C[C@H](O)[C@]3(C)[C@H]4CC=C5[C@@H]6C[C@](C)(C(=O)O)CC[C@]6(C)CC[C@@]5(C)[C@]4(C)CC[C@@H]23)O[C@H]1C. The second-order valence-corrected chi connectivity index (χ2v) is 18.7. The van der Waals surface area contributed by atoms with E-state index >= 15 is 0 Å². The summed E-state index contributed by atoms with van der Waals surface area (Å²) in [6.07, 6.45) is 2.17. The van der Waals surface area contributed by atoms with Crippen molar-refractivity contribution in [3.63, 3.8) is 0 Å². The molecule has 0 amide bonds. The monoisotopic (exact) mass is 746 g/mol. The minimum absolute atomic E-state index is 0.0420. The Labute approximate surface area is 313 Å².